The van der Waals surface area contributed by atoms with Crippen molar-refractivity contribution < 1.29 is 9.53 Å². The molecule has 0 aliphatic carbocycles. The monoisotopic (exact) mass is 261 g/mol. The van der Waals surface area contributed by atoms with Gasteiger partial charge in [-0.05, 0) is 25.5 Å². The summed E-state index contributed by atoms with van der Waals surface area (Å²) < 4.78 is 5.50. The smallest absolute Gasteiger partial charge is 0.257 e. The van der Waals surface area contributed by atoms with Crippen molar-refractivity contribution in [2.24, 2.45) is 5.73 Å². The summed E-state index contributed by atoms with van der Waals surface area (Å²) >= 11 is 0. The summed E-state index contributed by atoms with van der Waals surface area (Å²) in [5, 5.41) is 11.0. The second kappa shape index (κ2) is 7.39. The van der Waals surface area contributed by atoms with Crippen LogP contribution in [0.5, 0.6) is 5.75 Å². The molecule has 3 N–H and O–H groups in total. The third kappa shape index (κ3) is 4.98. The van der Waals surface area contributed by atoms with E-state index in [0.29, 0.717) is 18.7 Å². The van der Waals surface area contributed by atoms with Crippen molar-refractivity contribution in [1.82, 2.24) is 5.32 Å². The third-order valence-corrected chi connectivity index (χ3v) is 2.58. The van der Waals surface area contributed by atoms with Gasteiger partial charge in [0.15, 0.2) is 6.61 Å². The Morgan fingerprint density at radius 2 is 2.32 bits per heavy atom. The maximum absolute atomic E-state index is 11.5. The summed E-state index contributed by atoms with van der Waals surface area (Å²) in [5.41, 5.74) is 7.77. The van der Waals surface area contributed by atoms with Gasteiger partial charge in [-0.15, -0.1) is 0 Å². The molecular weight excluding hydrogens is 242 g/mol. The van der Waals surface area contributed by atoms with E-state index in [1.165, 1.54) is 0 Å². The summed E-state index contributed by atoms with van der Waals surface area (Å²) in [6.07, 6.45) is 0.293. The second-order valence-corrected chi connectivity index (χ2v) is 4.38. The summed E-state index contributed by atoms with van der Waals surface area (Å²) in [5.74, 6) is 0.387. The van der Waals surface area contributed by atoms with E-state index in [1.54, 1.807) is 0 Å². The summed E-state index contributed by atoms with van der Waals surface area (Å²) in [4.78, 5) is 11.5. The Balaban J connectivity index is 2.59. The van der Waals surface area contributed by atoms with Crippen LogP contribution in [-0.4, -0.2) is 19.1 Å². The molecule has 1 atom stereocenters. The molecule has 102 valence electrons. The first-order valence-corrected chi connectivity index (χ1v) is 6.17. The average Bonchev–Trinajstić information content (AvgIpc) is 2.36. The normalized spacial score (nSPS) is 11.5. The molecule has 0 saturated heterocycles. The Labute approximate surface area is 113 Å². The molecule has 5 heteroatoms. The van der Waals surface area contributed by atoms with Gasteiger partial charge in [-0.3, -0.25) is 4.79 Å². The van der Waals surface area contributed by atoms with Gasteiger partial charge in [0.1, 0.15) is 5.75 Å². The molecule has 0 aliphatic rings. The predicted octanol–water partition coefficient (Wildman–Crippen LogP) is 1.42. The molecule has 0 aromatic heterocycles. The maximum atomic E-state index is 11.5. The fourth-order valence-electron chi connectivity index (χ4n) is 1.59. The Bertz CT molecular complexity index is 478. The lowest BCUT2D eigenvalue weighted by Crippen LogP contribution is -2.29. The SMILES string of the molecule is Cc1ccc([C@@H](C)N)c(OCC(=O)NCCC#N)c1. The molecule has 0 spiro atoms. The van der Waals surface area contributed by atoms with Crippen molar-refractivity contribution in [3.05, 3.63) is 29.3 Å². The lowest BCUT2D eigenvalue weighted by molar-refractivity contribution is -0.123. The number of nitriles is 1. The summed E-state index contributed by atoms with van der Waals surface area (Å²) in [7, 11) is 0. The molecule has 1 amide bonds. The van der Waals surface area contributed by atoms with E-state index in [0.717, 1.165) is 11.1 Å². The van der Waals surface area contributed by atoms with Crippen molar-refractivity contribution in [1.29, 1.82) is 5.26 Å². The Kier molecular flexibility index (Phi) is 5.83. The van der Waals surface area contributed by atoms with Crippen molar-refractivity contribution >= 4 is 5.91 Å². The molecule has 5 nitrogen and oxygen atoms in total. The first-order chi connectivity index (χ1) is 9.04. The minimum atomic E-state index is -0.243. The molecule has 0 saturated carbocycles. The minimum Gasteiger partial charge on any atom is -0.483 e. The van der Waals surface area contributed by atoms with Crippen LogP contribution in [0.4, 0.5) is 0 Å². The topological polar surface area (TPSA) is 88.1 Å². The number of rotatable bonds is 6. The van der Waals surface area contributed by atoms with Gasteiger partial charge in [0, 0.05) is 18.2 Å². The zero-order chi connectivity index (χ0) is 14.3. The fourth-order valence-corrected chi connectivity index (χ4v) is 1.59. The van der Waals surface area contributed by atoms with Gasteiger partial charge in [0.25, 0.3) is 5.91 Å². The number of nitrogens with two attached hydrogens (primary N) is 1. The van der Waals surface area contributed by atoms with Gasteiger partial charge < -0.3 is 15.8 Å². The molecule has 0 radical (unpaired) electrons. The largest absolute Gasteiger partial charge is 0.483 e. The van der Waals surface area contributed by atoms with Crippen LogP contribution < -0.4 is 15.8 Å². The van der Waals surface area contributed by atoms with Crippen molar-refractivity contribution in [3.8, 4) is 11.8 Å². The molecule has 0 heterocycles. The number of hydrogen-bond donors (Lipinski definition) is 2. The Morgan fingerprint density at radius 1 is 1.58 bits per heavy atom. The van der Waals surface area contributed by atoms with Crippen molar-refractivity contribution in [2.75, 3.05) is 13.2 Å². The average molecular weight is 261 g/mol. The number of amides is 1. The fraction of sp³-hybridized carbons (Fsp3) is 0.429. The number of hydrogen-bond acceptors (Lipinski definition) is 4. The summed E-state index contributed by atoms with van der Waals surface area (Å²) in [6.45, 7) is 4.08. The lowest BCUT2D eigenvalue weighted by Gasteiger charge is -2.14. The highest BCUT2D eigenvalue weighted by Gasteiger charge is 2.10. The van der Waals surface area contributed by atoms with Crippen molar-refractivity contribution in [3.63, 3.8) is 0 Å². The molecule has 0 aliphatic heterocycles. The molecule has 0 bridgehead atoms. The van der Waals surface area contributed by atoms with E-state index in [2.05, 4.69) is 5.32 Å². The molecule has 0 unspecified atom stereocenters. The number of carbonyl (C=O) groups excluding carboxylic acids is 1. The van der Waals surface area contributed by atoms with E-state index >= 15 is 0 Å². The van der Waals surface area contributed by atoms with Gasteiger partial charge in [0.05, 0.1) is 12.5 Å². The zero-order valence-electron chi connectivity index (χ0n) is 11.3. The number of aryl methyl sites for hydroxylation is 1. The predicted molar refractivity (Wildman–Crippen MR) is 72.5 cm³/mol. The van der Waals surface area contributed by atoms with E-state index in [9.17, 15) is 4.79 Å². The van der Waals surface area contributed by atoms with Gasteiger partial charge in [-0.25, -0.2) is 0 Å². The van der Waals surface area contributed by atoms with Gasteiger partial charge in [-0.2, -0.15) is 5.26 Å². The van der Waals surface area contributed by atoms with Crippen LogP contribution in [0.3, 0.4) is 0 Å². The molecule has 0 fully saturated rings. The maximum Gasteiger partial charge on any atom is 0.257 e. The number of ether oxygens (including phenoxy) is 1. The van der Waals surface area contributed by atoms with E-state index in [4.69, 9.17) is 15.7 Å². The Morgan fingerprint density at radius 3 is 2.95 bits per heavy atom. The molecule has 1 aromatic carbocycles. The second-order valence-electron chi connectivity index (χ2n) is 4.38. The highest BCUT2D eigenvalue weighted by atomic mass is 16.5. The van der Waals surface area contributed by atoms with Crippen LogP contribution in [-0.2, 0) is 4.79 Å². The first-order valence-electron chi connectivity index (χ1n) is 6.17. The first kappa shape index (κ1) is 15.0. The van der Waals surface area contributed by atoms with Gasteiger partial charge >= 0.3 is 0 Å². The quantitative estimate of drug-likeness (QED) is 0.758. The van der Waals surface area contributed by atoms with Gasteiger partial charge in [-0.1, -0.05) is 12.1 Å². The number of carbonyl (C=O) groups is 1. The van der Waals surface area contributed by atoms with Crippen LogP contribution in [0, 0.1) is 18.3 Å². The standard InChI is InChI=1S/C14H19N3O2/c1-10-4-5-12(11(2)16)13(8-10)19-9-14(18)17-7-3-6-15/h4-5,8,11H,3,7,9,16H2,1-2H3,(H,17,18)/t11-/m1/s1. The zero-order valence-corrected chi connectivity index (χ0v) is 11.3. The Hall–Kier alpha value is -2.06. The van der Waals surface area contributed by atoms with Crippen LogP contribution >= 0.6 is 0 Å². The molecular formula is C14H19N3O2. The molecule has 19 heavy (non-hydrogen) atoms. The highest BCUT2D eigenvalue weighted by molar-refractivity contribution is 5.77. The number of benzene rings is 1. The van der Waals surface area contributed by atoms with Gasteiger partial charge in [0.2, 0.25) is 0 Å². The van der Waals surface area contributed by atoms with Crippen molar-refractivity contribution in [2.45, 2.75) is 26.3 Å². The third-order valence-electron chi connectivity index (χ3n) is 2.58. The lowest BCUT2D eigenvalue weighted by atomic mass is 10.1. The minimum absolute atomic E-state index is 0.0748. The summed E-state index contributed by atoms with van der Waals surface area (Å²) in [6, 6.07) is 7.53. The molecule has 1 rings (SSSR count). The number of nitrogens with zero attached hydrogens (tertiary/aromatic N) is 1. The van der Waals surface area contributed by atoms with Crippen LogP contribution in [0.1, 0.15) is 30.5 Å². The number of nitrogens with one attached hydrogen (secondary N) is 1. The molecule has 1 aromatic rings. The van der Waals surface area contributed by atoms with E-state index in [-0.39, 0.29) is 18.6 Å². The van der Waals surface area contributed by atoms with Crippen LogP contribution in [0.2, 0.25) is 0 Å². The van der Waals surface area contributed by atoms with E-state index < -0.39 is 0 Å². The van der Waals surface area contributed by atoms with Crippen LogP contribution in [0.15, 0.2) is 18.2 Å². The van der Waals surface area contributed by atoms with Crippen LogP contribution in [0.25, 0.3) is 0 Å². The highest BCUT2D eigenvalue weighted by Crippen LogP contribution is 2.24. The van der Waals surface area contributed by atoms with E-state index in [1.807, 2.05) is 38.1 Å².